The van der Waals surface area contributed by atoms with Gasteiger partial charge in [0.05, 0.1) is 5.69 Å². The van der Waals surface area contributed by atoms with Gasteiger partial charge in [-0.2, -0.15) is 0 Å². The molecule has 0 fully saturated rings. The fourth-order valence-electron chi connectivity index (χ4n) is 1.03. The smallest absolute Gasteiger partial charge is 0.104 e. The van der Waals surface area contributed by atoms with Crippen molar-refractivity contribution >= 4 is 0 Å². The molecule has 2 nitrogen and oxygen atoms in total. The maximum absolute atomic E-state index is 9.91. The number of nitrogens with zero attached hydrogens (tertiary/aromatic N) is 1. The number of rotatable bonds is 3. The van der Waals surface area contributed by atoms with Crippen molar-refractivity contribution in [3.8, 4) is 0 Å². The van der Waals surface area contributed by atoms with Crippen molar-refractivity contribution in [3.63, 3.8) is 0 Å². The monoisotopic (exact) mass is 177 g/mol. The molecule has 0 spiro atoms. The Morgan fingerprint density at radius 1 is 1.54 bits per heavy atom. The first-order valence-corrected chi connectivity index (χ1v) is 4.30. The number of hydrogen-bond acceptors (Lipinski definition) is 2. The Kier molecular flexibility index (Phi) is 2.83. The summed E-state index contributed by atoms with van der Waals surface area (Å²) in [7, 11) is 0. The number of aromatic nitrogens is 1. The van der Waals surface area contributed by atoms with Crippen molar-refractivity contribution in [1.29, 1.82) is 0 Å². The quantitative estimate of drug-likeness (QED) is 0.719. The highest BCUT2D eigenvalue weighted by molar-refractivity contribution is 5.12. The molecule has 70 valence electrons. The second-order valence-corrected chi connectivity index (χ2v) is 3.68. The summed E-state index contributed by atoms with van der Waals surface area (Å²) in [5, 5.41) is 9.91. The van der Waals surface area contributed by atoms with Gasteiger partial charge in [0.2, 0.25) is 0 Å². The minimum atomic E-state index is -0.591. The lowest BCUT2D eigenvalue weighted by Crippen LogP contribution is -2.19. The van der Waals surface area contributed by atoms with E-state index < -0.39 is 6.10 Å². The summed E-state index contributed by atoms with van der Waals surface area (Å²) in [5.41, 5.74) is 0.348. The Labute approximate surface area is 78.9 Å². The molecule has 1 aromatic rings. The average Bonchev–Trinajstić information content (AvgIpc) is 2.18. The highest BCUT2D eigenvalue weighted by Crippen LogP contribution is 2.32. The van der Waals surface area contributed by atoms with Crippen LogP contribution in [0, 0.1) is 5.41 Å². The van der Waals surface area contributed by atoms with Crippen molar-refractivity contribution in [2.45, 2.75) is 20.0 Å². The molecule has 13 heavy (non-hydrogen) atoms. The van der Waals surface area contributed by atoms with Gasteiger partial charge in [0, 0.05) is 11.6 Å². The van der Waals surface area contributed by atoms with Gasteiger partial charge >= 0.3 is 0 Å². The molecule has 2 heteroatoms. The van der Waals surface area contributed by atoms with Crippen LogP contribution in [0.25, 0.3) is 0 Å². The van der Waals surface area contributed by atoms with Crippen molar-refractivity contribution in [2.75, 3.05) is 0 Å². The van der Waals surface area contributed by atoms with E-state index in [1.54, 1.807) is 12.3 Å². The van der Waals surface area contributed by atoms with Gasteiger partial charge in [-0.25, -0.2) is 0 Å². The highest BCUT2D eigenvalue weighted by Gasteiger charge is 2.26. The van der Waals surface area contributed by atoms with Gasteiger partial charge in [-0.05, 0) is 12.1 Å². The first kappa shape index (κ1) is 9.93. The number of hydrogen-bond donors (Lipinski definition) is 1. The fraction of sp³-hybridized carbons (Fsp3) is 0.364. The molecule has 0 bridgehead atoms. The van der Waals surface area contributed by atoms with Crippen molar-refractivity contribution < 1.29 is 5.11 Å². The molecule has 1 atom stereocenters. The summed E-state index contributed by atoms with van der Waals surface area (Å²) in [4.78, 5) is 4.10. The molecule has 0 amide bonds. The Bertz CT molecular complexity index is 279. The predicted octanol–water partition coefficient (Wildman–Crippen LogP) is 2.33. The number of aliphatic hydroxyl groups excluding tert-OH is 1. The molecule has 1 N–H and O–H groups in total. The Morgan fingerprint density at radius 3 is 2.69 bits per heavy atom. The topological polar surface area (TPSA) is 33.1 Å². The van der Waals surface area contributed by atoms with Crippen LogP contribution >= 0.6 is 0 Å². The first-order valence-electron chi connectivity index (χ1n) is 4.30. The maximum atomic E-state index is 9.91. The highest BCUT2D eigenvalue weighted by atomic mass is 16.3. The molecule has 0 aliphatic heterocycles. The van der Waals surface area contributed by atoms with Crippen molar-refractivity contribution in [2.24, 2.45) is 5.41 Å². The van der Waals surface area contributed by atoms with Crippen LogP contribution in [0.1, 0.15) is 25.6 Å². The van der Waals surface area contributed by atoms with E-state index in [4.69, 9.17) is 0 Å². The second kappa shape index (κ2) is 3.71. The summed E-state index contributed by atoms with van der Waals surface area (Å²) in [6.45, 7) is 7.55. The van der Waals surface area contributed by atoms with Gasteiger partial charge in [0.25, 0.3) is 0 Å². The molecule has 1 rings (SSSR count). The third-order valence-corrected chi connectivity index (χ3v) is 2.20. The lowest BCUT2D eigenvalue weighted by atomic mass is 9.85. The third kappa shape index (κ3) is 2.16. The molecular weight excluding hydrogens is 162 g/mol. The molecule has 0 saturated carbocycles. The lowest BCUT2D eigenvalue weighted by Gasteiger charge is -2.26. The van der Waals surface area contributed by atoms with Crippen LogP contribution in [0.3, 0.4) is 0 Å². The van der Waals surface area contributed by atoms with Gasteiger partial charge in [-0.1, -0.05) is 26.0 Å². The van der Waals surface area contributed by atoms with Gasteiger partial charge in [0.15, 0.2) is 0 Å². The molecule has 0 radical (unpaired) electrons. The predicted molar refractivity (Wildman–Crippen MR) is 53.2 cm³/mol. The van der Waals surface area contributed by atoms with Gasteiger partial charge in [0.1, 0.15) is 6.10 Å². The molecule has 0 saturated heterocycles. The van der Waals surface area contributed by atoms with E-state index in [-0.39, 0.29) is 5.41 Å². The molecule has 1 heterocycles. The fourth-order valence-corrected chi connectivity index (χ4v) is 1.03. The van der Waals surface area contributed by atoms with Crippen LogP contribution in [-0.4, -0.2) is 10.1 Å². The van der Waals surface area contributed by atoms with Crippen LogP contribution in [0.2, 0.25) is 0 Å². The Balaban J connectivity index is 2.91. The summed E-state index contributed by atoms with van der Waals surface area (Å²) in [6, 6.07) is 5.51. The van der Waals surface area contributed by atoms with Gasteiger partial charge in [-0.15, -0.1) is 6.58 Å². The average molecular weight is 177 g/mol. The Morgan fingerprint density at radius 2 is 2.23 bits per heavy atom. The molecule has 0 aliphatic carbocycles. The zero-order valence-electron chi connectivity index (χ0n) is 8.07. The molecule has 1 unspecified atom stereocenters. The van der Waals surface area contributed by atoms with Gasteiger partial charge < -0.3 is 5.11 Å². The van der Waals surface area contributed by atoms with E-state index in [0.29, 0.717) is 5.69 Å². The zero-order valence-corrected chi connectivity index (χ0v) is 8.07. The zero-order chi connectivity index (χ0) is 9.90. The van der Waals surface area contributed by atoms with E-state index >= 15 is 0 Å². The summed E-state index contributed by atoms with van der Waals surface area (Å²) in [6.07, 6.45) is 2.83. The SMILES string of the molecule is C=CC(C)(C)C(O)c1ccccn1. The normalized spacial score (nSPS) is 13.8. The minimum Gasteiger partial charge on any atom is -0.386 e. The van der Waals surface area contributed by atoms with E-state index in [2.05, 4.69) is 11.6 Å². The van der Waals surface area contributed by atoms with Crippen LogP contribution in [0.5, 0.6) is 0 Å². The van der Waals surface area contributed by atoms with Crippen molar-refractivity contribution in [3.05, 3.63) is 42.7 Å². The number of pyridine rings is 1. The molecule has 1 aromatic heterocycles. The van der Waals surface area contributed by atoms with E-state index in [9.17, 15) is 5.11 Å². The van der Waals surface area contributed by atoms with E-state index in [1.807, 2.05) is 32.0 Å². The number of aliphatic hydroxyl groups is 1. The largest absolute Gasteiger partial charge is 0.386 e. The van der Waals surface area contributed by atoms with Crippen LogP contribution in [0.4, 0.5) is 0 Å². The molecular formula is C11H15NO. The Hall–Kier alpha value is -1.15. The summed E-state index contributed by atoms with van der Waals surface area (Å²) in [5.74, 6) is 0. The van der Waals surface area contributed by atoms with Crippen LogP contribution < -0.4 is 0 Å². The lowest BCUT2D eigenvalue weighted by molar-refractivity contribution is 0.0782. The van der Waals surface area contributed by atoms with Crippen LogP contribution in [-0.2, 0) is 0 Å². The summed E-state index contributed by atoms with van der Waals surface area (Å²) >= 11 is 0. The van der Waals surface area contributed by atoms with Crippen LogP contribution in [0.15, 0.2) is 37.1 Å². The third-order valence-electron chi connectivity index (χ3n) is 2.20. The molecule has 0 aliphatic rings. The standard InChI is InChI=1S/C11H15NO/c1-4-11(2,3)10(13)9-7-5-6-8-12-9/h4-8,10,13H,1H2,2-3H3. The van der Waals surface area contributed by atoms with Gasteiger partial charge in [-0.3, -0.25) is 4.98 Å². The summed E-state index contributed by atoms with van der Waals surface area (Å²) < 4.78 is 0. The van der Waals surface area contributed by atoms with E-state index in [1.165, 1.54) is 0 Å². The van der Waals surface area contributed by atoms with Crippen molar-refractivity contribution in [1.82, 2.24) is 4.98 Å². The maximum Gasteiger partial charge on any atom is 0.104 e. The minimum absolute atomic E-state index is 0.339. The second-order valence-electron chi connectivity index (χ2n) is 3.68. The van der Waals surface area contributed by atoms with E-state index in [0.717, 1.165) is 0 Å². The molecule has 0 aromatic carbocycles. The first-order chi connectivity index (χ1) is 6.08.